The van der Waals surface area contributed by atoms with Gasteiger partial charge in [-0.05, 0) is 29.7 Å². The number of nitrogens with zero attached hydrogens (tertiary/aromatic N) is 1. The summed E-state index contributed by atoms with van der Waals surface area (Å²) in [5.74, 6) is -0.323. The van der Waals surface area contributed by atoms with E-state index in [0.29, 0.717) is 19.5 Å². The molecule has 2 aromatic carbocycles. The van der Waals surface area contributed by atoms with Crippen molar-refractivity contribution >= 4 is 11.8 Å². The molecular weight excluding hydrogens is 304 g/mol. The van der Waals surface area contributed by atoms with Gasteiger partial charge in [-0.25, -0.2) is 0 Å². The van der Waals surface area contributed by atoms with Crippen molar-refractivity contribution in [2.24, 2.45) is 0 Å². The van der Waals surface area contributed by atoms with E-state index in [0.717, 1.165) is 16.9 Å². The predicted octanol–water partition coefficient (Wildman–Crippen LogP) is 2.01. The summed E-state index contributed by atoms with van der Waals surface area (Å²) in [6.07, 6.45) is 0.658. The van der Waals surface area contributed by atoms with E-state index in [1.807, 2.05) is 54.6 Å². The van der Waals surface area contributed by atoms with Crippen LogP contribution in [-0.2, 0) is 22.6 Å². The van der Waals surface area contributed by atoms with Gasteiger partial charge in [0.25, 0.3) is 0 Å². The van der Waals surface area contributed by atoms with Gasteiger partial charge in [-0.2, -0.15) is 0 Å². The first-order chi connectivity index (χ1) is 11.6. The zero-order chi connectivity index (χ0) is 17.4. The van der Waals surface area contributed by atoms with Crippen LogP contribution < -0.4 is 10.1 Å². The highest BCUT2D eigenvalue weighted by Crippen LogP contribution is 2.11. The van der Waals surface area contributed by atoms with Gasteiger partial charge in [0.15, 0.2) is 0 Å². The largest absolute Gasteiger partial charge is 0.497 e. The number of nitrogens with one attached hydrogen (secondary N) is 1. The average molecular weight is 326 g/mol. The van der Waals surface area contributed by atoms with Gasteiger partial charge in [0.2, 0.25) is 0 Å². The molecule has 0 saturated heterocycles. The maximum Gasteiger partial charge on any atom is 0.311 e. The number of rotatable bonds is 6. The summed E-state index contributed by atoms with van der Waals surface area (Å²) in [5.41, 5.74) is 2.06. The topological polar surface area (TPSA) is 58.6 Å². The molecule has 0 spiro atoms. The third kappa shape index (κ3) is 5.12. The Labute approximate surface area is 142 Å². The first-order valence-corrected chi connectivity index (χ1v) is 7.80. The number of hydrogen-bond donors (Lipinski definition) is 1. The fourth-order valence-corrected chi connectivity index (χ4v) is 2.29. The highest BCUT2D eigenvalue weighted by molar-refractivity contribution is 6.34. The number of likely N-dealkylation sites (N-methyl/N-ethyl adjacent to an activating group) is 1. The zero-order valence-electron chi connectivity index (χ0n) is 14.0. The molecule has 2 rings (SSSR count). The fourth-order valence-electron chi connectivity index (χ4n) is 2.29. The van der Waals surface area contributed by atoms with Gasteiger partial charge >= 0.3 is 11.8 Å². The van der Waals surface area contributed by atoms with Crippen LogP contribution in [0.25, 0.3) is 0 Å². The van der Waals surface area contributed by atoms with Crippen molar-refractivity contribution in [2.45, 2.75) is 13.0 Å². The van der Waals surface area contributed by atoms with Crippen molar-refractivity contribution in [2.75, 3.05) is 20.7 Å². The number of methoxy groups -OCH3 is 1. The van der Waals surface area contributed by atoms with E-state index in [4.69, 9.17) is 4.74 Å². The Kier molecular flexibility index (Phi) is 6.37. The van der Waals surface area contributed by atoms with E-state index >= 15 is 0 Å². The van der Waals surface area contributed by atoms with E-state index in [9.17, 15) is 9.59 Å². The second-order valence-corrected chi connectivity index (χ2v) is 5.50. The number of ether oxygens (including phenoxy) is 1. The zero-order valence-corrected chi connectivity index (χ0v) is 14.0. The SMILES string of the molecule is COc1ccc(CCNC(=O)C(=O)N(C)Cc2ccccc2)cc1. The van der Waals surface area contributed by atoms with E-state index in [2.05, 4.69) is 5.32 Å². The van der Waals surface area contributed by atoms with E-state index in [1.165, 1.54) is 4.90 Å². The Morgan fingerprint density at radius 2 is 1.67 bits per heavy atom. The lowest BCUT2D eigenvalue weighted by Crippen LogP contribution is -2.41. The van der Waals surface area contributed by atoms with Gasteiger partial charge in [0.1, 0.15) is 5.75 Å². The van der Waals surface area contributed by atoms with Crippen molar-refractivity contribution in [3.8, 4) is 5.75 Å². The van der Waals surface area contributed by atoms with Crippen LogP contribution in [0.15, 0.2) is 54.6 Å². The Hall–Kier alpha value is -2.82. The maximum absolute atomic E-state index is 12.1. The maximum atomic E-state index is 12.1. The van der Waals surface area contributed by atoms with Gasteiger partial charge in [0.05, 0.1) is 7.11 Å². The molecule has 5 nitrogen and oxygen atoms in total. The number of amides is 2. The van der Waals surface area contributed by atoms with E-state index in [-0.39, 0.29) is 0 Å². The lowest BCUT2D eigenvalue weighted by atomic mass is 10.1. The van der Waals surface area contributed by atoms with Crippen molar-refractivity contribution in [1.82, 2.24) is 10.2 Å². The molecule has 0 heterocycles. The van der Waals surface area contributed by atoms with Crippen LogP contribution in [0.2, 0.25) is 0 Å². The van der Waals surface area contributed by atoms with E-state index < -0.39 is 11.8 Å². The minimum absolute atomic E-state index is 0.408. The minimum Gasteiger partial charge on any atom is -0.497 e. The van der Waals surface area contributed by atoms with Gasteiger partial charge in [-0.3, -0.25) is 9.59 Å². The van der Waals surface area contributed by atoms with Gasteiger partial charge in [-0.1, -0.05) is 42.5 Å². The predicted molar refractivity (Wildman–Crippen MR) is 92.6 cm³/mol. The van der Waals surface area contributed by atoms with Gasteiger partial charge in [0, 0.05) is 20.1 Å². The highest BCUT2D eigenvalue weighted by atomic mass is 16.5. The van der Waals surface area contributed by atoms with Crippen LogP contribution in [0.5, 0.6) is 5.75 Å². The van der Waals surface area contributed by atoms with Gasteiger partial charge in [-0.15, -0.1) is 0 Å². The van der Waals surface area contributed by atoms with Crippen LogP contribution in [-0.4, -0.2) is 37.4 Å². The van der Waals surface area contributed by atoms with Crippen LogP contribution in [0, 0.1) is 0 Å². The number of carbonyl (C=O) groups is 2. The number of carbonyl (C=O) groups excluding carboxylic acids is 2. The molecule has 24 heavy (non-hydrogen) atoms. The molecule has 0 radical (unpaired) electrons. The highest BCUT2D eigenvalue weighted by Gasteiger charge is 2.18. The summed E-state index contributed by atoms with van der Waals surface area (Å²) in [5, 5.41) is 2.66. The molecule has 0 aromatic heterocycles. The molecule has 0 bridgehead atoms. The summed E-state index contributed by atoms with van der Waals surface area (Å²) < 4.78 is 5.10. The van der Waals surface area contributed by atoms with Crippen molar-refractivity contribution in [3.63, 3.8) is 0 Å². The molecule has 2 aromatic rings. The van der Waals surface area contributed by atoms with Crippen LogP contribution in [0.4, 0.5) is 0 Å². The molecule has 0 aliphatic rings. The Balaban J connectivity index is 1.77. The first kappa shape index (κ1) is 17.5. The smallest absolute Gasteiger partial charge is 0.311 e. The summed E-state index contributed by atoms with van der Waals surface area (Å²) in [7, 11) is 3.24. The second-order valence-electron chi connectivity index (χ2n) is 5.50. The third-order valence-electron chi connectivity index (χ3n) is 3.66. The van der Waals surface area contributed by atoms with Crippen LogP contribution in [0.1, 0.15) is 11.1 Å². The Morgan fingerprint density at radius 3 is 2.29 bits per heavy atom. The molecule has 5 heteroatoms. The molecule has 0 atom stereocenters. The average Bonchev–Trinajstić information content (AvgIpc) is 2.62. The first-order valence-electron chi connectivity index (χ1n) is 7.80. The molecule has 0 unspecified atom stereocenters. The minimum atomic E-state index is -0.582. The standard InChI is InChI=1S/C19H22N2O3/c1-21(14-16-6-4-3-5-7-16)19(23)18(22)20-13-12-15-8-10-17(24-2)11-9-15/h3-11H,12-14H2,1-2H3,(H,20,22). The molecule has 0 saturated carbocycles. The van der Waals surface area contributed by atoms with Crippen LogP contribution in [0.3, 0.4) is 0 Å². The Bertz CT molecular complexity index is 669. The summed E-state index contributed by atoms with van der Waals surface area (Å²) in [4.78, 5) is 25.4. The molecule has 0 fully saturated rings. The van der Waals surface area contributed by atoms with Gasteiger partial charge < -0.3 is 15.0 Å². The molecular formula is C19H22N2O3. The summed E-state index contributed by atoms with van der Waals surface area (Å²) in [6.45, 7) is 0.821. The summed E-state index contributed by atoms with van der Waals surface area (Å²) >= 11 is 0. The molecule has 0 aliphatic heterocycles. The molecule has 2 amide bonds. The number of benzene rings is 2. The molecule has 126 valence electrons. The third-order valence-corrected chi connectivity index (χ3v) is 3.66. The van der Waals surface area contributed by atoms with Crippen molar-refractivity contribution in [3.05, 3.63) is 65.7 Å². The van der Waals surface area contributed by atoms with E-state index in [1.54, 1.807) is 14.2 Å². The quantitative estimate of drug-likeness (QED) is 0.826. The lowest BCUT2D eigenvalue weighted by molar-refractivity contribution is -0.145. The van der Waals surface area contributed by atoms with Crippen molar-refractivity contribution < 1.29 is 14.3 Å². The number of hydrogen-bond acceptors (Lipinski definition) is 3. The fraction of sp³-hybridized carbons (Fsp3) is 0.263. The molecule has 0 aliphatic carbocycles. The van der Waals surface area contributed by atoms with Crippen LogP contribution >= 0.6 is 0 Å². The lowest BCUT2D eigenvalue weighted by Gasteiger charge is -2.16. The van der Waals surface area contributed by atoms with Crippen molar-refractivity contribution in [1.29, 1.82) is 0 Å². The monoisotopic (exact) mass is 326 g/mol. The normalized spacial score (nSPS) is 10.1. The second kappa shape index (κ2) is 8.72. The Morgan fingerprint density at radius 1 is 1.00 bits per heavy atom. The summed E-state index contributed by atoms with van der Waals surface area (Å²) in [6, 6.07) is 17.2. The molecule has 1 N–H and O–H groups in total.